The third kappa shape index (κ3) is 42.6. The maximum atomic E-state index is 12.7. The number of aliphatic carboxylic acids is 1. The fourth-order valence-electron chi connectivity index (χ4n) is 6.84. The number of hydrogen-bond acceptors (Lipinski definition) is 8. The number of carbonyl (C=O) groups excluding carboxylic acids is 1. The summed E-state index contributed by atoms with van der Waals surface area (Å²) in [6, 6.07) is -1.47. The summed E-state index contributed by atoms with van der Waals surface area (Å²) >= 11 is 0. The highest BCUT2D eigenvalue weighted by Crippen LogP contribution is 2.43. The summed E-state index contributed by atoms with van der Waals surface area (Å²) in [6.45, 7) is 3.92. The Morgan fingerprint density at radius 2 is 0.912 bits per heavy atom. The molecule has 0 radical (unpaired) electrons. The smallest absolute Gasteiger partial charge is 0.472 e. The molecule has 3 atom stereocenters. The highest BCUT2D eigenvalue weighted by atomic mass is 31.2. The van der Waals surface area contributed by atoms with Crippen LogP contribution in [0.2, 0.25) is 0 Å². The lowest BCUT2D eigenvalue weighted by Crippen LogP contribution is -2.34. The Balaban J connectivity index is 4.16. The molecule has 0 aliphatic carbocycles. The Morgan fingerprint density at radius 3 is 1.33 bits per heavy atom. The van der Waals surface area contributed by atoms with Crippen LogP contribution in [0, 0.1) is 0 Å². The summed E-state index contributed by atoms with van der Waals surface area (Å²) in [6.07, 6.45) is 45.4. The molecular weight excluding hydrogens is 741 g/mol. The lowest BCUT2D eigenvalue weighted by Gasteiger charge is -2.20. The predicted octanol–water partition coefficient (Wildman–Crippen LogP) is 13.3. The standard InChI is InChI=1S/C46H90NO9P/c1-3-5-7-9-11-13-15-17-19-21-23-25-27-29-31-33-35-37-39-53-40-43(41-54-57(51,52)55-42-44(47)46(49)50)56-45(48)38-36-34-32-30-28-26-24-22-20-18-16-14-12-10-8-6-4-2/h18,20,43-44H,3-17,19,21-42,47H2,1-2H3,(H,49,50)(H,51,52)/b20-18-/t43-,44+/m1/s1. The molecule has 0 saturated heterocycles. The van der Waals surface area contributed by atoms with E-state index in [1.165, 1.54) is 161 Å². The number of phosphoric ester groups is 1. The molecule has 4 N–H and O–H groups in total. The van der Waals surface area contributed by atoms with Crippen molar-refractivity contribution in [2.24, 2.45) is 5.73 Å². The number of carboxylic acid groups (broad SMARTS) is 1. The van der Waals surface area contributed by atoms with E-state index in [-0.39, 0.29) is 13.0 Å². The number of unbranched alkanes of at least 4 members (excludes halogenated alkanes) is 30. The molecule has 57 heavy (non-hydrogen) atoms. The second kappa shape index (κ2) is 42.8. The van der Waals surface area contributed by atoms with Crippen molar-refractivity contribution in [1.82, 2.24) is 0 Å². The molecule has 1 unspecified atom stereocenters. The van der Waals surface area contributed by atoms with Crippen molar-refractivity contribution in [3.8, 4) is 0 Å². The van der Waals surface area contributed by atoms with Crippen LogP contribution in [0.3, 0.4) is 0 Å². The highest BCUT2D eigenvalue weighted by molar-refractivity contribution is 7.47. The molecule has 0 aliphatic rings. The van der Waals surface area contributed by atoms with Crippen molar-refractivity contribution in [1.29, 1.82) is 0 Å². The zero-order valence-corrected chi connectivity index (χ0v) is 37.9. The lowest BCUT2D eigenvalue weighted by molar-refractivity contribution is -0.154. The van der Waals surface area contributed by atoms with Gasteiger partial charge in [0.2, 0.25) is 0 Å². The van der Waals surface area contributed by atoms with E-state index in [4.69, 9.17) is 29.4 Å². The summed E-state index contributed by atoms with van der Waals surface area (Å²) in [5, 5.41) is 8.91. The van der Waals surface area contributed by atoms with Crippen molar-refractivity contribution in [3.63, 3.8) is 0 Å². The minimum atomic E-state index is -4.61. The third-order valence-electron chi connectivity index (χ3n) is 10.5. The van der Waals surface area contributed by atoms with Gasteiger partial charge in [0, 0.05) is 13.0 Å². The number of rotatable bonds is 46. The lowest BCUT2D eigenvalue weighted by atomic mass is 10.0. The molecule has 0 aromatic carbocycles. The summed E-state index contributed by atoms with van der Waals surface area (Å²) in [5.74, 6) is -1.77. The average molecular weight is 832 g/mol. The van der Waals surface area contributed by atoms with Crippen LogP contribution in [-0.4, -0.2) is 60.5 Å². The zero-order valence-electron chi connectivity index (χ0n) is 37.0. The van der Waals surface area contributed by atoms with Gasteiger partial charge in [-0.1, -0.05) is 199 Å². The maximum absolute atomic E-state index is 12.7. The van der Waals surface area contributed by atoms with Crippen molar-refractivity contribution in [2.45, 2.75) is 244 Å². The van der Waals surface area contributed by atoms with E-state index in [1.807, 2.05) is 0 Å². The molecule has 0 aromatic heterocycles. The normalized spacial score (nSPS) is 13.9. The first-order chi connectivity index (χ1) is 27.7. The van der Waals surface area contributed by atoms with Gasteiger partial charge in [-0.2, -0.15) is 0 Å². The molecule has 0 aromatic rings. The van der Waals surface area contributed by atoms with Gasteiger partial charge in [-0.3, -0.25) is 18.6 Å². The van der Waals surface area contributed by atoms with Gasteiger partial charge < -0.3 is 25.2 Å². The number of allylic oxidation sites excluding steroid dienone is 2. The fourth-order valence-corrected chi connectivity index (χ4v) is 7.61. The van der Waals surface area contributed by atoms with Crippen molar-refractivity contribution >= 4 is 19.8 Å². The number of ether oxygens (including phenoxy) is 2. The minimum Gasteiger partial charge on any atom is -0.480 e. The molecular formula is C46H90NO9P. The van der Waals surface area contributed by atoms with E-state index >= 15 is 0 Å². The molecule has 0 fully saturated rings. The second-order valence-electron chi connectivity index (χ2n) is 16.2. The van der Waals surface area contributed by atoms with Gasteiger partial charge in [-0.15, -0.1) is 0 Å². The Morgan fingerprint density at radius 1 is 0.544 bits per heavy atom. The van der Waals surface area contributed by atoms with Gasteiger partial charge in [0.15, 0.2) is 0 Å². The molecule has 0 bridgehead atoms. The van der Waals surface area contributed by atoms with E-state index < -0.39 is 45.1 Å². The summed E-state index contributed by atoms with van der Waals surface area (Å²) in [5.41, 5.74) is 5.36. The van der Waals surface area contributed by atoms with Gasteiger partial charge in [-0.05, 0) is 38.5 Å². The minimum absolute atomic E-state index is 0.0214. The molecule has 0 heterocycles. The Kier molecular flexibility index (Phi) is 41.9. The second-order valence-corrected chi connectivity index (χ2v) is 17.7. The Hall–Kier alpha value is -1.29. The van der Waals surface area contributed by atoms with E-state index in [1.54, 1.807) is 0 Å². The highest BCUT2D eigenvalue weighted by Gasteiger charge is 2.27. The number of carboxylic acids is 1. The first kappa shape index (κ1) is 55.7. The molecule has 0 amide bonds. The number of nitrogens with two attached hydrogens (primary N) is 1. The number of carbonyl (C=O) groups is 2. The van der Waals surface area contributed by atoms with E-state index in [0.29, 0.717) is 13.0 Å². The van der Waals surface area contributed by atoms with Gasteiger partial charge in [0.25, 0.3) is 0 Å². The van der Waals surface area contributed by atoms with Crippen LogP contribution in [-0.2, 0) is 32.7 Å². The quantitative estimate of drug-likeness (QED) is 0.0234. The van der Waals surface area contributed by atoms with Crippen LogP contribution >= 0.6 is 7.82 Å². The van der Waals surface area contributed by atoms with E-state index in [9.17, 15) is 19.0 Å². The number of esters is 1. The molecule has 0 rings (SSSR count). The zero-order chi connectivity index (χ0) is 41.9. The topological polar surface area (TPSA) is 155 Å². The van der Waals surface area contributed by atoms with Crippen molar-refractivity contribution in [3.05, 3.63) is 12.2 Å². The first-order valence-electron chi connectivity index (χ1n) is 23.7. The monoisotopic (exact) mass is 832 g/mol. The van der Waals surface area contributed by atoms with Gasteiger partial charge >= 0.3 is 19.8 Å². The molecule has 11 heteroatoms. The molecule has 0 aliphatic heterocycles. The molecule has 338 valence electrons. The maximum Gasteiger partial charge on any atom is 0.472 e. The van der Waals surface area contributed by atoms with Crippen LogP contribution in [0.5, 0.6) is 0 Å². The number of hydrogen-bond donors (Lipinski definition) is 3. The third-order valence-corrected chi connectivity index (χ3v) is 11.5. The molecule has 10 nitrogen and oxygen atoms in total. The fraction of sp³-hybridized carbons (Fsp3) is 0.913. The van der Waals surface area contributed by atoms with Crippen molar-refractivity contribution in [2.75, 3.05) is 26.4 Å². The summed E-state index contributed by atoms with van der Waals surface area (Å²) < 4.78 is 33.4. The largest absolute Gasteiger partial charge is 0.480 e. The molecule has 0 saturated carbocycles. The van der Waals surface area contributed by atoms with E-state index in [0.717, 1.165) is 44.9 Å². The van der Waals surface area contributed by atoms with Gasteiger partial charge in [0.05, 0.1) is 19.8 Å². The van der Waals surface area contributed by atoms with E-state index in [2.05, 4.69) is 26.0 Å². The summed E-state index contributed by atoms with van der Waals surface area (Å²) in [4.78, 5) is 33.6. The van der Waals surface area contributed by atoms with Crippen LogP contribution in [0.15, 0.2) is 12.2 Å². The van der Waals surface area contributed by atoms with Gasteiger partial charge in [-0.25, -0.2) is 4.57 Å². The summed E-state index contributed by atoms with van der Waals surface area (Å²) in [7, 11) is -4.61. The SMILES string of the molecule is CCCCCCCC/C=C\CCCCCCCCCC(=O)O[C@H](COCCCCCCCCCCCCCCCCCCCC)COP(=O)(O)OC[C@H](N)C(=O)O. The first-order valence-corrected chi connectivity index (χ1v) is 25.2. The molecule has 0 spiro atoms. The Labute approximate surface area is 350 Å². The average Bonchev–Trinajstić information content (AvgIpc) is 3.19. The van der Waals surface area contributed by atoms with Crippen LogP contribution in [0.4, 0.5) is 0 Å². The van der Waals surface area contributed by atoms with Crippen LogP contribution in [0.1, 0.15) is 232 Å². The van der Waals surface area contributed by atoms with Crippen LogP contribution in [0.25, 0.3) is 0 Å². The van der Waals surface area contributed by atoms with Crippen LogP contribution < -0.4 is 5.73 Å². The Bertz CT molecular complexity index is 966. The van der Waals surface area contributed by atoms with Gasteiger partial charge in [0.1, 0.15) is 12.1 Å². The predicted molar refractivity (Wildman–Crippen MR) is 236 cm³/mol. The van der Waals surface area contributed by atoms with Crippen molar-refractivity contribution < 1.29 is 42.7 Å². The number of phosphoric acid groups is 1.